The van der Waals surface area contributed by atoms with E-state index >= 15 is 0 Å². The van der Waals surface area contributed by atoms with Gasteiger partial charge in [0, 0.05) is 28.4 Å². The maximum Gasteiger partial charge on any atom is 0.255 e. The van der Waals surface area contributed by atoms with Gasteiger partial charge in [0.25, 0.3) is 5.91 Å². The van der Waals surface area contributed by atoms with E-state index in [1.54, 1.807) is 36.5 Å². The molecule has 1 aromatic heterocycles. The number of aromatic nitrogens is 1. The van der Waals surface area contributed by atoms with Crippen LogP contribution < -0.4 is 5.32 Å². The molecule has 0 aliphatic heterocycles. The van der Waals surface area contributed by atoms with Crippen LogP contribution in [0, 0.1) is 11.3 Å². The molecule has 1 N–H and O–H groups in total. The van der Waals surface area contributed by atoms with Crippen molar-refractivity contribution in [3.05, 3.63) is 71.2 Å². The first-order valence-corrected chi connectivity index (χ1v) is 7.46. The molecule has 3 rings (SSSR count). The summed E-state index contributed by atoms with van der Waals surface area (Å²) < 4.78 is 0. The van der Waals surface area contributed by atoms with Gasteiger partial charge in [-0.2, -0.15) is 5.26 Å². The molecular weight excluding hydrogens is 294 g/mol. The average molecular weight is 305 g/mol. The van der Waals surface area contributed by atoms with E-state index in [1.807, 2.05) is 29.6 Å². The SMILES string of the molecule is N#Cc1cccc(NC(=O)c2cccc(-c3nccs3)c2)c1. The molecule has 0 fully saturated rings. The van der Waals surface area contributed by atoms with Gasteiger partial charge in [0.1, 0.15) is 5.01 Å². The molecule has 0 saturated heterocycles. The number of carbonyl (C=O) groups is 1. The third-order valence-corrected chi connectivity index (χ3v) is 3.88. The highest BCUT2D eigenvalue weighted by Crippen LogP contribution is 2.23. The lowest BCUT2D eigenvalue weighted by Crippen LogP contribution is -2.11. The summed E-state index contributed by atoms with van der Waals surface area (Å²) in [5.74, 6) is -0.214. The Morgan fingerprint density at radius 3 is 2.82 bits per heavy atom. The van der Waals surface area contributed by atoms with Crippen LogP contribution in [0.1, 0.15) is 15.9 Å². The topological polar surface area (TPSA) is 65.8 Å². The zero-order chi connectivity index (χ0) is 15.4. The number of thiazole rings is 1. The van der Waals surface area contributed by atoms with Crippen LogP contribution in [-0.4, -0.2) is 10.9 Å². The minimum Gasteiger partial charge on any atom is -0.322 e. The molecule has 1 heterocycles. The smallest absolute Gasteiger partial charge is 0.255 e. The minimum absolute atomic E-state index is 0.214. The fourth-order valence-electron chi connectivity index (χ4n) is 2.03. The summed E-state index contributed by atoms with van der Waals surface area (Å²) in [6, 6.07) is 16.2. The Morgan fingerprint density at radius 1 is 1.18 bits per heavy atom. The fraction of sp³-hybridized carbons (Fsp3) is 0. The molecule has 0 aliphatic rings. The van der Waals surface area contributed by atoms with Gasteiger partial charge >= 0.3 is 0 Å². The van der Waals surface area contributed by atoms with Crippen LogP contribution in [0.4, 0.5) is 5.69 Å². The number of hydrogen-bond donors (Lipinski definition) is 1. The van der Waals surface area contributed by atoms with Crippen molar-refractivity contribution in [2.45, 2.75) is 0 Å². The highest BCUT2D eigenvalue weighted by molar-refractivity contribution is 7.13. The molecule has 106 valence electrons. The molecule has 3 aromatic rings. The second-order valence-electron chi connectivity index (χ2n) is 4.56. The number of rotatable bonds is 3. The van der Waals surface area contributed by atoms with Crippen molar-refractivity contribution in [1.29, 1.82) is 5.26 Å². The summed E-state index contributed by atoms with van der Waals surface area (Å²) in [6.45, 7) is 0. The molecule has 0 saturated carbocycles. The van der Waals surface area contributed by atoms with Crippen molar-refractivity contribution >= 4 is 22.9 Å². The molecule has 0 bridgehead atoms. The van der Waals surface area contributed by atoms with Crippen molar-refractivity contribution in [2.75, 3.05) is 5.32 Å². The van der Waals surface area contributed by atoms with Crippen LogP contribution in [0.25, 0.3) is 10.6 Å². The van der Waals surface area contributed by atoms with Gasteiger partial charge in [0.2, 0.25) is 0 Å². The Morgan fingerprint density at radius 2 is 2.05 bits per heavy atom. The summed E-state index contributed by atoms with van der Waals surface area (Å²) in [6.07, 6.45) is 1.74. The molecule has 0 spiro atoms. The van der Waals surface area contributed by atoms with Gasteiger partial charge in [0.15, 0.2) is 0 Å². The number of carbonyl (C=O) groups excluding carboxylic acids is 1. The fourth-order valence-corrected chi connectivity index (χ4v) is 2.66. The third kappa shape index (κ3) is 3.03. The number of hydrogen-bond acceptors (Lipinski definition) is 4. The van der Waals surface area contributed by atoms with E-state index < -0.39 is 0 Å². The average Bonchev–Trinajstić information content (AvgIpc) is 3.09. The second-order valence-corrected chi connectivity index (χ2v) is 5.46. The molecule has 5 heteroatoms. The second kappa shape index (κ2) is 6.20. The van der Waals surface area contributed by atoms with Crippen LogP contribution in [0.5, 0.6) is 0 Å². The zero-order valence-electron chi connectivity index (χ0n) is 11.5. The third-order valence-electron chi connectivity index (χ3n) is 3.05. The first-order chi connectivity index (χ1) is 10.8. The van der Waals surface area contributed by atoms with Crippen LogP contribution in [-0.2, 0) is 0 Å². The highest BCUT2D eigenvalue weighted by Gasteiger charge is 2.09. The van der Waals surface area contributed by atoms with Crippen LogP contribution in [0.2, 0.25) is 0 Å². The minimum atomic E-state index is -0.214. The maximum absolute atomic E-state index is 12.3. The molecule has 0 atom stereocenters. The van der Waals surface area contributed by atoms with Crippen molar-refractivity contribution in [2.24, 2.45) is 0 Å². The summed E-state index contributed by atoms with van der Waals surface area (Å²) >= 11 is 1.53. The predicted octanol–water partition coefficient (Wildman–Crippen LogP) is 3.93. The monoisotopic (exact) mass is 305 g/mol. The molecular formula is C17H11N3OS. The van der Waals surface area contributed by atoms with Crippen molar-refractivity contribution < 1.29 is 4.79 Å². The Balaban J connectivity index is 1.83. The maximum atomic E-state index is 12.3. The number of nitrogens with one attached hydrogen (secondary N) is 1. The Hall–Kier alpha value is -2.97. The standard InChI is InChI=1S/C17H11N3OS/c18-11-12-3-1-6-15(9-12)20-16(21)13-4-2-5-14(10-13)17-19-7-8-22-17/h1-10H,(H,20,21). The van der Waals surface area contributed by atoms with Crippen molar-refractivity contribution in [3.8, 4) is 16.6 Å². The number of nitrogens with zero attached hydrogens (tertiary/aromatic N) is 2. The van der Waals surface area contributed by atoms with E-state index in [0.29, 0.717) is 16.8 Å². The zero-order valence-corrected chi connectivity index (χ0v) is 12.3. The lowest BCUT2D eigenvalue weighted by atomic mass is 10.1. The van der Waals surface area contributed by atoms with E-state index in [2.05, 4.69) is 10.3 Å². The van der Waals surface area contributed by atoms with Gasteiger partial charge in [0.05, 0.1) is 11.6 Å². The molecule has 0 radical (unpaired) electrons. The first kappa shape index (κ1) is 14.0. The molecule has 2 aromatic carbocycles. The first-order valence-electron chi connectivity index (χ1n) is 6.58. The highest BCUT2D eigenvalue weighted by atomic mass is 32.1. The molecule has 0 aliphatic carbocycles. The van der Waals surface area contributed by atoms with E-state index in [-0.39, 0.29) is 5.91 Å². The molecule has 4 nitrogen and oxygen atoms in total. The summed E-state index contributed by atoms with van der Waals surface area (Å²) in [4.78, 5) is 16.6. The normalized spacial score (nSPS) is 9.95. The van der Waals surface area contributed by atoms with Gasteiger partial charge in [-0.05, 0) is 30.3 Å². The number of benzene rings is 2. The van der Waals surface area contributed by atoms with Gasteiger partial charge in [-0.25, -0.2) is 4.98 Å². The predicted molar refractivity (Wildman–Crippen MR) is 86.7 cm³/mol. The van der Waals surface area contributed by atoms with Crippen LogP contribution in [0.15, 0.2) is 60.1 Å². The van der Waals surface area contributed by atoms with Crippen molar-refractivity contribution in [1.82, 2.24) is 4.98 Å². The van der Waals surface area contributed by atoms with E-state index in [4.69, 9.17) is 5.26 Å². The molecule has 1 amide bonds. The summed E-state index contributed by atoms with van der Waals surface area (Å²) in [5, 5.41) is 14.5. The van der Waals surface area contributed by atoms with Crippen LogP contribution in [0.3, 0.4) is 0 Å². The Kier molecular flexibility index (Phi) is 3.95. The van der Waals surface area contributed by atoms with E-state index in [1.165, 1.54) is 11.3 Å². The summed E-state index contributed by atoms with van der Waals surface area (Å²) in [7, 11) is 0. The van der Waals surface area contributed by atoms with E-state index in [0.717, 1.165) is 10.6 Å². The lowest BCUT2D eigenvalue weighted by molar-refractivity contribution is 0.102. The van der Waals surface area contributed by atoms with Crippen LogP contribution >= 0.6 is 11.3 Å². The van der Waals surface area contributed by atoms with Crippen molar-refractivity contribution in [3.63, 3.8) is 0 Å². The largest absolute Gasteiger partial charge is 0.322 e. The van der Waals surface area contributed by atoms with Gasteiger partial charge in [-0.15, -0.1) is 11.3 Å². The number of nitriles is 1. The van der Waals surface area contributed by atoms with Gasteiger partial charge < -0.3 is 5.32 Å². The Bertz CT molecular complexity index is 850. The number of amides is 1. The Labute approximate surface area is 131 Å². The quantitative estimate of drug-likeness (QED) is 0.797. The van der Waals surface area contributed by atoms with Gasteiger partial charge in [-0.3, -0.25) is 4.79 Å². The summed E-state index contributed by atoms with van der Waals surface area (Å²) in [5.41, 5.74) is 2.57. The molecule has 22 heavy (non-hydrogen) atoms. The lowest BCUT2D eigenvalue weighted by Gasteiger charge is -2.06. The molecule has 0 unspecified atom stereocenters. The van der Waals surface area contributed by atoms with Gasteiger partial charge in [-0.1, -0.05) is 18.2 Å². The number of anilines is 1. The van der Waals surface area contributed by atoms with E-state index in [9.17, 15) is 4.79 Å².